The third-order valence-electron chi connectivity index (χ3n) is 3.61. The van der Waals surface area contributed by atoms with Gasteiger partial charge in [-0.05, 0) is 38.8 Å². The lowest BCUT2D eigenvalue weighted by Gasteiger charge is -2.21. The zero-order valence-electron chi connectivity index (χ0n) is 14.8. The van der Waals surface area contributed by atoms with Gasteiger partial charge in [0.05, 0.1) is 6.61 Å². The summed E-state index contributed by atoms with van der Waals surface area (Å²) in [6, 6.07) is 0. The summed E-state index contributed by atoms with van der Waals surface area (Å²) in [6.07, 6.45) is 4.47. The molecule has 0 saturated carbocycles. The monoisotopic (exact) mass is 345 g/mol. The third kappa shape index (κ3) is 14.4. The van der Waals surface area contributed by atoms with E-state index in [0.717, 1.165) is 38.8 Å². The quantitative estimate of drug-likeness (QED) is 0.222. The predicted octanol–water partition coefficient (Wildman–Crippen LogP) is -1.23. The highest BCUT2D eigenvalue weighted by atomic mass is 16.3. The van der Waals surface area contributed by atoms with Crippen LogP contribution in [0, 0.1) is 0 Å². The second kappa shape index (κ2) is 16.6. The van der Waals surface area contributed by atoms with E-state index in [4.69, 9.17) is 16.6 Å². The van der Waals surface area contributed by atoms with Crippen LogP contribution >= 0.6 is 0 Å². The number of amides is 2. The SMILES string of the molecule is NCCNC(=O)CCCCN(CCO)CCCCC(=O)NCCN. The fourth-order valence-corrected chi connectivity index (χ4v) is 2.32. The van der Waals surface area contributed by atoms with Crippen LogP contribution in [0.25, 0.3) is 0 Å². The van der Waals surface area contributed by atoms with Gasteiger partial charge in [-0.15, -0.1) is 0 Å². The lowest BCUT2D eigenvalue weighted by molar-refractivity contribution is -0.121. The maximum Gasteiger partial charge on any atom is 0.220 e. The van der Waals surface area contributed by atoms with E-state index in [-0.39, 0.29) is 18.4 Å². The summed E-state index contributed by atoms with van der Waals surface area (Å²) < 4.78 is 0. The zero-order chi connectivity index (χ0) is 18.0. The summed E-state index contributed by atoms with van der Waals surface area (Å²) in [4.78, 5) is 25.1. The topological polar surface area (TPSA) is 134 Å². The molecule has 0 radical (unpaired) electrons. The standard InChI is InChI=1S/C16H35N5O3/c17-7-9-19-15(23)5-1-3-11-21(13-14-22)12-4-2-6-16(24)20-10-8-18/h22H,1-14,17-18H2,(H,19,23)(H,20,24). The van der Waals surface area contributed by atoms with Gasteiger partial charge in [-0.2, -0.15) is 0 Å². The van der Waals surface area contributed by atoms with Crippen LogP contribution < -0.4 is 22.1 Å². The van der Waals surface area contributed by atoms with Crippen LogP contribution in [-0.4, -0.2) is 74.2 Å². The molecular weight excluding hydrogens is 310 g/mol. The Morgan fingerprint density at radius 2 is 1.25 bits per heavy atom. The number of carbonyl (C=O) groups excluding carboxylic acids is 2. The van der Waals surface area contributed by atoms with Crippen molar-refractivity contribution in [2.75, 3.05) is 52.4 Å². The average Bonchev–Trinajstić information content (AvgIpc) is 2.58. The van der Waals surface area contributed by atoms with Gasteiger partial charge in [-0.3, -0.25) is 9.59 Å². The summed E-state index contributed by atoms with van der Waals surface area (Å²) in [6.45, 7) is 4.41. The molecule has 7 N–H and O–H groups in total. The summed E-state index contributed by atoms with van der Waals surface area (Å²) in [7, 11) is 0. The van der Waals surface area contributed by atoms with Crippen LogP contribution in [0.1, 0.15) is 38.5 Å². The normalized spacial score (nSPS) is 10.8. The molecule has 0 aliphatic rings. The van der Waals surface area contributed by atoms with Crippen molar-refractivity contribution in [1.82, 2.24) is 15.5 Å². The Morgan fingerprint density at radius 1 is 0.792 bits per heavy atom. The van der Waals surface area contributed by atoms with E-state index in [1.54, 1.807) is 0 Å². The lowest BCUT2D eigenvalue weighted by atomic mass is 10.2. The molecule has 0 unspecified atom stereocenters. The maximum absolute atomic E-state index is 11.5. The first kappa shape index (κ1) is 22.8. The molecule has 0 aromatic rings. The number of rotatable bonds is 16. The van der Waals surface area contributed by atoms with Crippen molar-refractivity contribution in [2.45, 2.75) is 38.5 Å². The van der Waals surface area contributed by atoms with Crippen LogP contribution in [0.4, 0.5) is 0 Å². The van der Waals surface area contributed by atoms with E-state index < -0.39 is 0 Å². The second-order valence-electron chi connectivity index (χ2n) is 5.76. The molecule has 0 aromatic carbocycles. The Bertz CT molecular complexity index is 301. The average molecular weight is 345 g/mol. The van der Waals surface area contributed by atoms with E-state index in [0.29, 0.717) is 45.6 Å². The highest BCUT2D eigenvalue weighted by molar-refractivity contribution is 5.76. The lowest BCUT2D eigenvalue weighted by Crippen LogP contribution is -2.31. The number of carbonyl (C=O) groups is 2. The van der Waals surface area contributed by atoms with Crippen LogP contribution in [0.5, 0.6) is 0 Å². The summed E-state index contributed by atoms with van der Waals surface area (Å²) in [5, 5.41) is 14.6. The van der Waals surface area contributed by atoms with Crippen molar-refractivity contribution in [1.29, 1.82) is 0 Å². The Morgan fingerprint density at radius 3 is 1.62 bits per heavy atom. The van der Waals surface area contributed by atoms with Gasteiger partial charge in [0.25, 0.3) is 0 Å². The van der Waals surface area contributed by atoms with Crippen molar-refractivity contribution in [3.8, 4) is 0 Å². The molecule has 0 heterocycles. The predicted molar refractivity (Wildman–Crippen MR) is 95.4 cm³/mol. The Balaban J connectivity index is 3.73. The molecule has 8 nitrogen and oxygen atoms in total. The molecule has 0 aliphatic carbocycles. The van der Waals surface area contributed by atoms with Gasteiger partial charge >= 0.3 is 0 Å². The van der Waals surface area contributed by atoms with Crippen molar-refractivity contribution >= 4 is 11.8 Å². The third-order valence-corrected chi connectivity index (χ3v) is 3.61. The van der Waals surface area contributed by atoms with Crippen molar-refractivity contribution in [2.24, 2.45) is 11.5 Å². The minimum absolute atomic E-state index is 0.0395. The minimum Gasteiger partial charge on any atom is -0.395 e. The molecule has 0 saturated heterocycles. The van der Waals surface area contributed by atoms with E-state index in [2.05, 4.69) is 15.5 Å². The van der Waals surface area contributed by atoms with Crippen LogP contribution in [-0.2, 0) is 9.59 Å². The molecule has 142 valence electrons. The van der Waals surface area contributed by atoms with E-state index in [9.17, 15) is 9.59 Å². The van der Waals surface area contributed by atoms with Gasteiger partial charge in [0, 0.05) is 45.6 Å². The molecule has 0 aliphatic heterocycles. The Labute approximate surface area is 145 Å². The van der Waals surface area contributed by atoms with Crippen LogP contribution in [0.3, 0.4) is 0 Å². The fraction of sp³-hybridized carbons (Fsp3) is 0.875. The number of aliphatic hydroxyl groups excluding tert-OH is 1. The molecule has 2 amide bonds. The van der Waals surface area contributed by atoms with E-state index in [1.165, 1.54) is 0 Å². The van der Waals surface area contributed by atoms with Gasteiger partial charge < -0.3 is 32.1 Å². The van der Waals surface area contributed by atoms with Gasteiger partial charge in [-0.25, -0.2) is 0 Å². The number of nitrogens with zero attached hydrogens (tertiary/aromatic N) is 1. The second-order valence-corrected chi connectivity index (χ2v) is 5.76. The number of hydrogen-bond donors (Lipinski definition) is 5. The molecule has 0 fully saturated rings. The molecule has 0 spiro atoms. The number of hydrogen-bond acceptors (Lipinski definition) is 6. The van der Waals surface area contributed by atoms with Crippen molar-refractivity contribution in [3.63, 3.8) is 0 Å². The summed E-state index contributed by atoms with van der Waals surface area (Å²) >= 11 is 0. The fourth-order valence-electron chi connectivity index (χ4n) is 2.32. The summed E-state index contributed by atoms with van der Waals surface area (Å²) in [5.74, 6) is 0.0790. The van der Waals surface area contributed by atoms with Crippen molar-refractivity contribution in [3.05, 3.63) is 0 Å². The molecule has 0 aromatic heterocycles. The first-order valence-electron chi connectivity index (χ1n) is 8.90. The highest BCUT2D eigenvalue weighted by Crippen LogP contribution is 2.03. The number of nitrogens with two attached hydrogens (primary N) is 2. The van der Waals surface area contributed by atoms with Crippen molar-refractivity contribution < 1.29 is 14.7 Å². The maximum atomic E-state index is 11.5. The molecule has 0 atom stereocenters. The first-order valence-corrected chi connectivity index (χ1v) is 8.90. The molecule has 0 bridgehead atoms. The van der Waals surface area contributed by atoms with E-state index >= 15 is 0 Å². The molecule has 24 heavy (non-hydrogen) atoms. The molecule has 0 rings (SSSR count). The minimum atomic E-state index is 0.0395. The Kier molecular flexibility index (Phi) is 15.8. The summed E-state index contributed by atoms with van der Waals surface area (Å²) in [5.41, 5.74) is 10.7. The molecule has 8 heteroatoms. The van der Waals surface area contributed by atoms with Crippen LogP contribution in [0.15, 0.2) is 0 Å². The van der Waals surface area contributed by atoms with E-state index in [1.807, 2.05) is 0 Å². The molecular formula is C16H35N5O3. The number of unbranched alkanes of at least 4 members (excludes halogenated alkanes) is 2. The first-order chi connectivity index (χ1) is 11.6. The smallest absolute Gasteiger partial charge is 0.220 e. The highest BCUT2D eigenvalue weighted by Gasteiger charge is 2.06. The van der Waals surface area contributed by atoms with Gasteiger partial charge in [0.15, 0.2) is 0 Å². The Hall–Kier alpha value is -1.22. The number of aliphatic hydroxyl groups is 1. The zero-order valence-corrected chi connectivity index (χ0v) is 14.8. The number of nitrogens with one attached hydrogen (secondary N) is 2. The van der Waals surface area contributed by atoms with Gasteiger partial charge in [-0.1, -0.05) is 0 Å². The largest absolute Gasteiger partial charge is 0.395 e. The van der Waals surface area contributed by atoms with Gasteiger partial charge in [0.1, 0.15) is 0 Å². The van der Waals surface area contributed by atoms with Crippen LogP contribution in [0.2, 0.25) is 0 Å². The van der Waals surface area contributed by atoms with Gasteiger partial charge in [0.2, 0.25) is 11.8 Å².